The Kier molecular flexibility index (Phi) is 8.49. The summed E-state index contributed by atoms with van der Waals surface area (Å²) >= 11 is 0. The van der Waals surface area contributed by atoms with E-state index in [0.29, 0.717) is 6.42 Å². The van der Waals surface area contributed by atoms with Crippen LogP contribution >= 0.6 is 0 Å². The number of halogens is 4. The summed E-state index contributed by atoms with van der Waals surface area (Å²) in [6, 6.07) is 10.0. The van der Waals surface area contributed by atoms with Crippen LogP contribution < -0.4 is 25.3 Å². The summed E-state index contributed by atoms with van der Waals surface area (Å²) in [5.41, 5.74) is 1.79. The Bertz CT molecular complexity index is 1530. The van der Waals surface area contributed by atoms with E-state index in [9.17, 15) is 32.6 Å². The Morgan fingerprint density at radius 2 is 1.89 bits per heavy atom. The fourth-order valence-electron chi connectivity index (χ4n) is 5.30. The minimum atomic E-state index is -5.29. The van der Waals surface area contributed by atoms with Crippen LogP contribution in [0.5, 0.6) is 17.2 Å². The molecule has 5 N–H and O–H groups in total. The second-order valence-electron chi connectivity index (χ2n) is 11.2. The third kappa shape index (κ3) is 6.04. The number of aliphatic hydroxyl groups is 2. The van der Waals surface area contributed by atoms with Crippen molar-refractivity contribution in [1.29, 1.82) is 0 Å². The zero-order chi connectivity index (χ0) is 31.9. The standard InChI is InChI=1S/C31H33F4N3O6/c1-17(39)15-44-23-10-5-19(13-24(23)42-2)28(40)37-16-30(41,31(33,34)35)25-14-22-27(43-12-11-29(22,36)20-6-7-20)26(38-25)18-3-8-21(32)9-4-18/h3-5,8-10,13-14,17,20,39,41H,6-7,11-12,15-16,36H2,1-2H3,(H,37,40)/t17-,29?,30?/m1/s1. The first-order valence-corrected chi connectivity index (χ1v) is 14.1. The molecule has 1 aliphatic heterocycles. The maximum Gasteiger partial charge on any atom is 0.424 e. The molecule has 2 unspecified atom stereocenters. The molecule has 0 radical (unpaired) electrons. The number of nitrogens with two attached hydrogens (primary N) is 1. The van der Waals surface area contributed by atoms with Gasteiger partial charge in [-0.3, -0.25) is 4.79 Å². The molecule has 3 atom stereocenters. The molecule has 2 aliphatic rings. The average molecular weight is 620 g/mol. The van der Waals surface area contributed by atoms with Gasteiger partial charge < -0.3 is 35.5 Å². The second kappa shape index (κ2) is 11.9. The molecule has 1 amide bonds. The Morgan fingerprint density at radius 1 is 1.18 bits per heavy atom. The quantitative estimate of drug-likeness (QED) is 0.248. The van der Waals surface area contributed by atoms with Crippen molar-refractivity contribution < 1.29 is 46.8 Å². The van der Waals surface area contributed by atoms with Crippen LogP contribution in [0.1, 0.15) is 47.8 Å². The number of hydrogen-bond acceptors (Lipinski definition) is 8. The molecule has 0 saturated heterocycles. The van der Waals surface area contributed by atoms with Gasteiger partial charge in [-0.1, -0.05) is 0 Å². The summed E-state index contributed by atoms with van der Waals surface area (Å²) < 4.78 is 74.5. The lowest BCUT2D eigenvalue weighted by atomic mass is 9.79. The predicted octanol–water partition coefficient (Wildman–Crippen LogP) is 4.18. The van der Waals surface area contributed by atoms with Gasteiger partial charge in [-0.05, 0) is 74.2 Å². The van der Waals surface area contributed by atoms with E-state index < -0.39 is 47.4 Å². The number of amides is 1. The lowest BCUT2D eigenvalue weighted by molar-refractivity contribution is -0.265. The number of pyridine rings is 1. The summed E-state index contributed by atoms with van der Waals surface area (Å²) in [6.45, 7) is 0.391. The monoisotopic (exact) mass is 619 g/mol. The fraction of sp³-hybridized carbons (Fsp3) is 0.419. The Balaban J connectivity index is 1.52. The van der Waals surface area contributed by atoms with E-state index in [1.54, 1.807) is 0 Å². The van der Waals surface area contributed by atoms with Crippen LogP contribution in [0.3, 0.4) is 0 Å². The van der Waals surface area contributed by atoms with Gasteiger partial charge >= 0.3 is 6.18 Å². The first-order valence-electron chi connectivity index (χ1n) is 14.1. The van der Waals surface area contributed by atoms with E-state index in [2.05, 4.69) is 10.3 Å². The summed E-state index contributed by atoms with van der Waals surface area (Å²) in [7, 11) is 1.32. The highest BCUT2D eigenvalue weighted by Gasteiger charge is 2.58. The Labute approximate surface area is 251 Å². The smallest absolute Gasteiger partial charge is 0.424 e. The van der Waals surface area contributed by atoms with E-state index in [-0.39, 0.29) is 58.8 Å². The number of hydrogen-bond donors (Lipinski definition) is 4. The van der Waals surface area contributed by atoms with Gasteiger partial charge in [0.05, 0.1) is 37.6 Å². The average Bonchev–Trinajstić information content (AvgIpc) is 3.85. The summed E-state index contributed by atoms with van der Waals surface area (Å²) in [5.74, 6) is -0.975. The molecule has 1 saturated carbocycles. The van der Waals surface area contributed by atoms with E-state index in [4.69, 9.17) is 19.9 Å². The van der Waals surface area contributed by atoms with E-state index in [0.717, 1.165) is 31.0 Å². The van der Waals surface area contributed by atoms with Gasteiger partial charge in [-0.15, -0.1) is 0 Å². The van der Waals surface area contributed by atoms with Crippen LogP contribution in [0.15, 0.2) is 48.5 Å². The highest BCUT2D eigenvalue weighted by Crippen LogP contribution is 2.53. The number of rotatable bonds is 10. The van der Waals surface area contributed by atoms with Gasteiger partial charge in [-0.25, -0.2) is 9.37 Å². The van der Waals surface area contributed by atoms with Gasteiger partial charge in [0.15, 0.2) is 17.2 Å². The number of alkyl halides is 3. The summed E-state index contributed by atoms with van der Waals surface area (Å²) in [5, 5.41) is 22.9. The summed E-state index contributed by atoms with van der Waals surface area (Å²) in [6.07, 6.45) is -4.15. The minimum absolute atomic E-state index is 0.00247. The number of ether oxygens (including phenoxy) is 3. The largest absolute Gasteiger partial charge is 0.493 e. The Morgan fingerprint density at radius 3 is 2.50 bits per heavy atom. The summed E-state index contributed by atoms with van der Waals surface area (Å²) in [4.78, 5) is 17.2. The molecule has 236 valence electrons. The number of carbonyl (C=O) groups is 1. The molecule has 0 bridgehead atoms. The van der Waals surface area contributed by atoms with Crippen LogP contribution in [-0.2, 0) is 11.1 Å². The zero-order valence-corrected chi connectivity index (χ0v) is 24.1. The third-order valence-electron chi connectivity index (χ3n) is 7.96. The molecule has 3 aromatic rings. The van der Waals surface area contributed by atoms with Gasteiger partial charge in [0, 0.05) is 23.1 Å². The molecule has 13 heteroatoms. The molecule has 2 aromatic carbocycles. The van der Waals surface area contributed by atoms with Crippen molar-refractivity contribution in [2.24, 2.45) is 11.7 Å². The number of fused-ring (bicyclic) bond motifs is 1. The van der Waals surface area contributed by atoms with E-state index in [1.807, 2.05) is 0 Å². The number of aliphatic hydroxyl groups excluding tert-OH is 1. The third-order valence-corrected chi connectivity index (χ3v) is 7.96. The van der Waals surface area contributed by atoms with Crippen LogP contribution in [0.25, 0.3) is 11.3 Å². The fourth-order valence-corrected chi connectivity index (χ4v) is 5.30. The van der Waals surface area contributed by atoms with Gasteiger partial charge in [0.1, 0.15) is 18.1 Å². The molecule has 44 heavy (non-hydrogen) atoms. The maximum absolute atomic E-state index is 14.7. The number of methoxy groups -OCH3 is 1. The van der Waals surface area contributed by atoms with Crippen LogP contribution in [-0.4, -0.2) is 60.3 Å². The van der Waals surface area contributed by atoms with Crippen molar-refractivity contribution in [2.75, 3.05) is 26.9 Å². The molecular formula is C31H33F4N3O6. The molecular weight excluding hydrogens is 586 g/mol. The molecule has 1 aromatic heterocycles. The Hall–Kier alpha value is -3.94. The van der Waals surface area contributed by atoms with Crippen LogP contribution in [0.2, 0.25) is 0 Å². The maximum atomic E-state index is 14.7. The zero-order valence-electron chi connectivity index (χ0n) is 24.1. The van der Waals surface area contributed by atoms with Crippen molar-refractivity contribution in [3.63, 3.8) is 0 Å². The van der Waals surface area contributed by atoms with Crippen molar-refractivity contribution in [2.45, 2.75) is 49.6 Å². The SMILES string of the molecule is COc1cc(C(=O)NCC(O)(c2cc3c(c(-c4ccc(F)cc4)n2)OCCC3(N)C2CC2)C(F)(F)F)ccc1OC[C@@H](C)O. The lowest BCUT2D eigenvalue weighted by Gasteiger charge is -2.38. The molecule has 1 fully saturated rings. The van der Waals surface area contributed by atoms with Gasteiger partial charge in [0.2, 0.25) is 5.60 Å². The number of nitrogens with zero attached hydrogens (tertiary/aromatic N) is 1. The molecule has 0 spiro atoms. The van der Waals surface area contributed by atoms with E-state index in [1.165, 1.54) is 44.4 Å². The number of aromatic nitrogens is 1. The van der Waals surface area contributed by atoms with Crippen LogP contribution in [0, 0.1) is 11.7 Å². The molecule has 2 heterocycles. The molecule has 9 nitrogen and oxygen atoms in total. The van der Waals surface area contributed by atoms with Crippen LogP contribution in [0.4, 0.5) is 17.6 Å². The first kappa shape index (κ1) is 31.5. The van der Waals surface area contributed by atoms with Gasteiger partial charge in [0.25, 0.3) is 5.91 Å². The first-order chi connectivity index (χ1) is 20.8. The van der Waals surface area contributed by atoms with Crippen molar-refractivity contribution >= 4 is 5.91 Å². The van der Waals surface area contributed by atoms with Crippen molar-refractivity contribution in [1.82, 2.24) is 10.3 Å². The highest BCUT2D eigenvalue weighted by molar-refractivity contribution is 5.95. The number of benzene rings is 2. The topological polar surface area (TPSA) is 136 Å². The highest BCUT2D eigenvalue weighted by atomic mass is 19.4. The van der Waals surface area contributed by atoms with E-state index >= 15 is 0 Å². The number of carbonyl (C=O) groups excluding carboxylic acids is 1. The van der Waals surface area contributed by atoms with Crippen molar-refractivity contribution in [3.8, 4) is 28.5 Å². The molecule has 1 aliphatic carbocycles. The molecule has 5 rings (SSSR count). The predicted molar refractivity (Wildman–Crippen MR) is 151 cm³/mol. The van der Waals surface area contributed by atoms with Gasteiger partial charge in [-0.2, -0.15) is 13.2 Å². The number of nitrogens with one attached hydrogen (secondary N) is 1. The lowest BCUT2D eigenvalue weighted by Crippen LogP contribution is -2.52. The van der Waals surface area contributed by atoms with Crippen molar-refractivity contribution in [3.05, 3.63) is 71.2 Å². The minimum Gasteiger partial charge on any atom is -0.493 e. The second-order valence-corrected chi connectivity index (χ2v) is 11.2. The normalized spacial score (nSPS) is 20.1.